The van der Waals surface area contributed by atoms with Gasteiger partial charge >= 0.3 is 6.18 Å². The van der Waals surface area contributed by atoms with E-state index < -0.39 is 23.2 Å². The van der Waals surface area contributed by atoms with Crippen molar-refractivity contribution in [2.45, 2.75) is 31.0 Å². The van der Waals surface area contributed by atoms with Crippen molar-refractivity contribution >= 4 is 23.2 Å². The molecule has 0 heterocycles. The van der Waals surface area contributed by atoms with Gasteiger partial charge in [-0.3, -0.25) is 4.79 Å². The van der Waals surface area contributed by atoms with E-state index in [4.69, 9.17) is 17.3 Å². The molecule has 1 aromatic rings. The largest absolute Gasteiger partial charge is 0.416 e. The van der Waals surface area contributed by atoms with Crippen molar-refractivity contribution in [3.8, 4) is 0 Å². The number of hydrogen-bond acceptors (Lipinski definition) is 2. The van der Waals surface area contributed by atoms with E-state index in [1.54, 1.807) is 0 Å². The summed E-state index contributed by atoms with van der Waals surface area (Å²) in [6.45, 7) is 0. The van der Waals surface area contributed by atoms with Crippen LogP contribution in [-0.2, 0) is 11.0 Å². The van der Waals surface area contributed by atoms with Crippen molar-refractivity contribution in [1.29, 1.82) is 0 Å². The first-order chi connectivity index (χ1) is 8.72. The molecule has 0 radical (unpaired) electrons. The molecule has 19 heavy (non-hydrogen) atoms. The number of carbonyl (C=O) groups is 1. The Hall–Kier alpha value is -1.27. The lowest BCUT2D eigenvalue weighted by atomic mass is 9.77. The molecule has 0 saturated heterocycles. The highest BCUT2D eigenvalue weighted by Crippen LogP contribution is 2.35. The second-order valence-corrected chi connectivity index (χ2v) is 5.06. The van der Waals surface area contributed by atoms with Gasteiger partial charge in [0.25, 0.3) is 0 Å². The van der Waals surface area contributed by atoms with E-state index in [0.717, 1.165) is 24.6 Å². The highest BCUT2D eigenvalue weighted by molar-refractivity contribution is 6.33. The molecular weight excluding hydrogens is 281 g/mol. The maximum absolute atomic E-state index is 12.4. The minimum Gasteiger partial charge on any atom is -0.323 e. The standard InChI is InChI=1S/C12H12ClF3N2O/c13-8-6-7(12(14,15)16)2-3-9(8)18-10(19)11(17)4-1-5-11/h2-3,6H,1,4-5,17H2,(H,18,19). The summed E-state index contributed by atoms with van der Waals surface area (Å²) in [5.41, 5.74) is 4.16. The number of amides is 1. The number of nitrogens with one attached hydrogen (secondary N) is 1. The molecular formula is C12H12ClF3N2O. The van der Waals surface area contributed by atoms with Crippen LogP contribution in [0.15, 0.2) is 18.2 Å². The van der Waals surface area contributed by atoms with Crippen molar-refractivity contribution in [1.82, 2.24) is 0 Å². The summed E-state index contributed by atoms with van der Waals surface area (Å²) in [7, 11) is 0. The fraction of sp³-hybridized carbons (Fsp3) is 0.417. The molecule has 1 amide bonds. The number of benzene rings is 1. The molecule has 0 spiro atoms. The summed E-state index contributed by atoms with van der Waals surface area (Å²) in [6.07, 6.45) is -2.46. The monoisotopic (exact) mass is 292 g/mol. The van der Waals surface area contributed by atoms with Crippen LogP contribution in [0.3, 0.4) is 0 Å². The van der Waals surface area contributed by atoms with E-state index >= 15 is 0 Å². The Morgan fingerprint density at radius 3 is 2.42 bits per heavy atom. The molecule has 0 unspecified atom stereocenters. The van der Waals surface area contributed by atoms with Crippen LogP contribution in [0.25, 0.3) is 0 Å². The lowest BCUT2D eigenvalue weighted by Gasteiger charge is -2.36. The zero-order chi connectivity index (χ0) is 14.3. The van der Waals surface area contributed by atoms with Crippen LogP contribution in [0.1, 0.15) is 24.8 Å². The van der Waals surface area contributed by atoms with Gasteiger partial charge in [-0.15, -0.1) is 0 Å². The predicted octanol–water partition coefficient (Wildman–Crippen LogP) is 3.18. The summed E-state index contributed by atoms with van der Waals surface area (Å²) < 4.78 is 37.3. The summed E-state index contributed by atoms with van der Waals surface area (Å²) in [4.78, 5) is 11.8. The second kappa shape index (κ2) is 4.68. The van der Waals surface area contributed by atoms with Crippen molar-refractivity contribution < 1.29 is 18.0 Å². The third-order valence-corrected chi connectivity index (χ3v) is 3.56. The number of hydrogen-bond donors (Lipinski definition) is 2. The molecule has 1 fully saturated rings. The molecule has 104 valence electrons. The molecule has 1 aromatic carbocycles. The van der Waals surface area contributed by atoms with Gasteiger partial charge in [-0.2, -0.15) is 13.2 Å². The topological polar surface area (TPSA) is 55.1 Å². The predicted molar refractivity (Wildman–Crippen MR) is 65.9 cm³/mol. The van der Waals surface area contributed by atoms with Crippen molar-refractivity contribution in [2.75, 3.05) is 5.32 Å². The Balaban J connectivity index is 2.16. The molecule has 1 aliphatic rings. The number of anilines is 1. The van der Waals surface area contributed by atoms with Crippen LogP contribution in [0.2, 0.25) is 5.02 Å². The molecule has 1 aliphatic carbocycles. The van der Waals surface area contributed by atoms with Crippen LogP contribution in [0.4, 0.5) is 18.9 Å². The molecule has 0 atom stereocenters. The minimum atomic E-state index is -4.46. The average Bonchev–Trinajstić information content (AvgIpc) is 2.27. The van der Waals surface area contributed by atoms with Gasteiger partial charge in [0, 0.05) is 0 Å². The van der Waals surface area contributed by atoms with E-state index in [0.29, 0.717) is 12.8 Å². The molecule has 0 bridgehead atoms. The lowest BCUT2D eigenvalue weighted by molar-refractivity contribution is -0.137. The van der Waals surface area contributed by atoms with Crippen LogP contribution >= 0.6 is 11.6 Å². The number of nitrogens with two attached hydrogens (primary N) is 1. The SMILES string of the molecule is NC1(C(=O)Nc2ccc(C(F)(F)F)cc2Cl)CCC1. The number of carbonyl (C=O) groups excluding carboxylic acids is 1. The summed E-state index contributed by atoms with van der Waals surface area (Å²) in [5.74, 6) is -0.416. The van der Waals surface area contributed by atoms with E-state index in [1.165, 1.54) is 0 Å². The third-order valence-electron chi connectivity index (χ3n) is 3.24. The van der Waals surface area contributed by atoms with Crippen LogP contribution in [0.5, 0.6) is 0 Å². The smallest absolute Gasteiger partial charge is 0.323 e. The van der Waals surface area contributed by atoms with Gasteiger partial charge in [-0.25, -0.2) is 0 Å². The van der Waals surface area contributed by atoms with Gasteiger partial charge in [0.1, 0.15) is 0 Å². The molecule has 0 aromatic heterocycles. The molecule has 7 heteroatoms. The minimum absolute atomic E-state index is 0.136. The van der Waals surface area contributed by atoms with Gasteiger partial charge in [0.15, 0.2) is 0 Å². The number of halogens is 4. The van der Waals surface area contributed by atoms with Crippen LogP contribution in [0, 0.1) is 0 Å². The van der Waals surface area contributed by atoms with E-state index in [9.17, 15) is 18.0 Å². The van der Waals surface area contributed by atoms with Gasteiger partial charge in [-0.1, -0.05) is 11.6 Å². The van der Waals surface area contributed by atoms with Crippen molar-refractivity contribution in [2.24, 2.45) is 5.73 Å². The normalized spacial score (nSPS) is 17.7. The van der Waals surface area contributed by atoms with Crippen molar-refractivity contribution in [3.63, 3.8) is 0 Å². The summed E-state index contributed by atoms with van der Waals surface area (Å²) >= 11 is 5.74. The molecule has 3 nitrogen and oxygen atoms in total. The first-order valence-corrected chi connectivity index (χ1v) is 6.07. The van der Waals surface area contributed by atoms with Gasteiger partial charge in [-0.05, 0) is 37.5 Å². The van der Waals surface area contributed by atoms with Gasteiger partial charge in [0.2, 0.25) is 5.91 Å². The zero-order valence-corrected chi connectivity index (χ0v) is 10.6. The summed E-state index contributed by atoms with van der Waals surface area (Å²) in [6, 6.07) is 2.78. The molecule has 0 aliphatic heterocycles. The average molecular weight is 293 g/mol. The van der Waals surface area contributed by atoms with E-state index in [1.807, 2.05) is 0 Å². The van der Waals surface area contributed by atoms with Crippen LogP contribution in [-0.4, -0.2) is 11.4 Å². The zero-order valence-electron chi connectivity index (χ0n) is 9.85. The maximum atomic E-state index is 12.4. The van der Waals surface area contributed by atoms with E-state index in [-0.39, 0.29) is 10.7 Å². The van der Waals surface area contributed by atoms with Crippen LogP contribution < -0.4 is 11.1 Å². The molecule has 1 saturated carbocycles. The van der Waals surface area contributed by atoms with Gasteiger partial charge < -0.3 is 11.1 Å². The molecule has 2 rings (SSSR count). The van der Waals surface area contributed by atoms with E-state index in [2.05, 4.69) is 5.32 Å². The first-order valence-electron chi connectivity index (χ1n) is 5.69. The fourth-order valence-electron chi connectivity index (χ4n) is 1.82. The third kappa shape index (κ3) is 2.84. The fourth-order valence-corrected chi connectivity index (χ4v) is 2.05. The Bertz CT molecular complexity index is 512. The Labute approximate surface area is 112 Å². The molecule has 3 N–H and O–H groups in total. The highest BCUT2D eigenvalue weighted by atomic mass is 35.5. The first kappa shape index (κ1) is 14.1. The number of rotatable bonds is 2. The second-order valence-electron chi connectivity index (χ2n) is 4.66. The summed E-state index contributed by atoms with van der Waals surface area (Å²) in [5, 5.41) is 2.31. The van der Waals surface area contributed by atoms with Crippen molar-refractivity contribution in [3.05, 3.63) is 28.8 Å². The van der Waals surface area contributed by atoms with Gasteiger partial charge in [0.05, 0.1) is 21.8 Å². The maximum Gasteiger partial charge on any atom is 0.416 e. The highest BCUT2D eigenvalue weighted by Gasteiger charge is 2.40. The lowest BCUT2D eigenvalue weighted by Crippen LogP contribution is -2.56. The Morgan fingerprint density at radius 2 is 2.00 bits per heavy atom. The quantitative estimate of drug-likeness (QED) is 0.879. The Kier molecular flexibility index (Phi) is 3.49. The Morgan fingerprint density at radius 1 is 1.37 bits per heavy atom. The number of alkyl halides is 3.